The van der Waals surface area contributed by atoms with Gasteiger partial charge < -0.3 is 10.0 Å². The third-order valence-electron chi connectivity index (χ3n) is 2.98. The van der Waals surface area contributed by atoms with Gasteiger partial charge in [0.25, 0.3) is 5.91 Å². The van der Waals surface area contributed by atoms with Gasteiger partial charge in [0.2, 0.25) is 0 Å². The summed E-state index contributed by atoms with van der Waals surface area (Å²) in [4.78, 5) is 24.2. The second kappa shape index (κ2) is 5.06. The zero-order valence-corrected chi connectivity index (χ0v) is 11.0. The highest BCUT2D eigenvalue weighted by atomic mass is 79.9. The van der Waals surface area contributed by atoms with Gasteiger partial charge in [-0.05, 0) is 24.6 Å². The van der Waals surface area contributed by atoms with E-state index in [1.807, 2.05) is 0 Å². The first kappa shape index (κ1) is 13.0. The fourth-order valence-electron chi connectivity index (χ4n) is 1.98. The molecule has 2 rings (SSSR count). The van der Waals surface area contributed by atoms with Crippen LogP contribution >= 0.6 is 15.9 Å². The molecule has 1 N–H and O–H groups in total. The summed E-state index contributed by atoms with van der Waals surface area (Å²) in [7, 11) is 0. The van der Waals surface area contributed by atoms with Gasteiger partial charge in [0, 0.05) is 17.6 Å². The average molecular weight is 316 g/mol. The molecule has 0 aromatic heterocycles. The number of nitrogens with zero attached hydrogens (tertiary/aromatic N) is 1. The number of carbonyl (C=O) groups is 2. The van der Waals surface area contributed by atoms with Gasteiger partial charge in [-0.3, -0.25) is 9.59 Å². The number of rotatable bonds is 2. The van der Waals surface area contributed by atoms with Gasteiger partial charge in [-0.25, -0.2) is 4.39 Å². The molecule has 0 spiro atoms. The molecule has 0 unspecified atom stereocenters. The minimum atomic E-state index is -0.917. The summed E-state index contributed by atoms with van der Waals surface area (Å²) >= 11 is 3.18. The number of carbonyl (C=O) groups excluding carboxylic acids is 1. The standard InChI is InChI=1S/C12H11BrFNO3/c13-8-1-2-10(14)9(5-8)11(16)15-4-3-7(6-15)12(17)18/h1-2,5,7H,3-4,6H2,(H,17,18)/t7-/m1/s1. The lowest BCUT2D eigenvalue weighted by Crippen LogP contribution is -2.30. The number of hydrogen-bond acceptors (Lipinski definition) is 2. The number of benzene rings is 1. The number of amides is 1. The van der Waals surface area contributed by atoms with Crippen LogP contribution < -0.4 is 0 Å². The van der Waals surface area contributed by atoms with Crippen molar-refractivity contribution in [3.05, 3.63) is 34.1 Å². The van der Waals surface area contributed by atoms with E-state index in [1.165, 1.54) is 23.1 Å². The van der Waals surface area contributed by atoms with Crippen molar-refractivity contribution in [3.63, 3.8) is 0 Å². The third-order valence-corrected chi connectivity index (χ3v) is 3.48. The number of carboxylic acids is 1. The smallest absolute Gasteiger partial charge is 0.308 e. The zero-order chi connectivity index (χ0) is 13.3. The van der Waals surface area contributed by atoms with Crippen LogP contribution in [0.3, 0.4) is 0 Å². The van der Waals surface area contributed by atoms with Crippen LogP contribution in [0.2, 0.25) is 0 Å². The summed E-state index contributed by atoms with van der Waals surface area (Å²) in [5, 5.41) is 8.86. The summed E-state index contributed by atoms with van der Waals surface area (Å²) in [5.74, 6) is -2.52. The van der Waals surface area contributed by atoms with Crippen LogP contribution in [0.15, 0.2) is 22.7 Å². The molecule has 18 heavy (non-hydrogen) atoms. The molecule has 96 valence electrons. The van der Waals surface area contributed by atoms with Crippen molar-refractivity contribution in [3.8, 4) is 0 Å². The highest BCUT2D eigenvalue weighted by Crippen LogP contribution is 2.22. The quantitative estimate of drug-likeness (QED) is 0.909. The molecule has 1 amide bonds. The predicted octanol–water partition coefficient (Wildman–Crippen LogP) is 2.13. The lowest BCUT2D eigenvalue weighted by molar-refractivity contribution is -0.141. The average Bonchev–Trinajstić information content (AvgIpc) is 2.81. The Hall–Kier alpha value is -1.43. The van der Waals surface area contributed by atoms with E-state index in [-0.39, 0.29) is 12.1 Å². The van der Waals surface area contributed by atoms with E-state index in [0.717, 1.165) is 0 Å². The molecule has 1 aliphatic heterocycles. The van der Waals surface area contributed by atoms with E-state index >= 15 is 0 Å². The first-order valence-corrected chi connectivity index (χ1v) is 6.25. The van der Waals surface area contributed by atoms with E-state index in [1.54, 1.807) is 0 Å². The Morgan fingerprint density at radius 1 is 1.44 bits per heavy atom. The second-order valence-corrected chi connectivity index (χ2v) is 5.11. The maximum Gasteiger partial charge on any atom is 0.308 e. The Labute approximate surface area is 112 Å². The van der Waals surface area contributed by atoms with Crippen molar-refractivity contribution in [2.24, 2.45) is 5.92 Å². The van der Waals surface area contributed by atoms with Crippen molar-refractivity contribution in [2.75, 3.05) is 13.1 Å². The van der Waals surface area contributed by atoms with Crippen molar-refractivity contribution < 1.29 is 19.1 Å². The lowest BCUT2D eigenvalue weighted by atomic mass is 10.1. The highest BCUT2D eigenvalue weighted by Gasteiger charge is 2.32. The summed E-state index contributed by atoms with van der Waals surface area (Å²) in [6.07, 6.45) is 0.413. The van der Waals surface area contributed by atoms with Gasteiger partial charge >= 0.3 is 5.97 Å². The van der Waals surface area contributed by atoms with Gasteiger partial charge in [0.1, 0.15) is 5.82 Å². The third kappa shape index (κ3) is 2.53. The Kier molecular flexibility index (Phi) is 3.65. The van der Waals surface area contributed by atoms with Crippen molar-refractivity contribution in [2.45, 2.75) is 6.42 Å². The van der Waals surface area contributed by atoms with Crippen LogP contribution in [0.25, 0.3) is 0 Å². The van der Waals surface area contributed by atoms with Crippen LogP contribution in [-0.4, -0.2) is 35.0 Å². The molecule has 1 heterocycles. The van der Waals surface area contributed by atoms with Gasteiger partial charge in [0.05, 0.1) is 11.5 Å². The summed E-state index contributed by atoms with van der Waals surface area (Å²) < 4.78 is 14.2. The summed E-state index contributed by atoms with van der Waals surface area (Å²) in [6, 6.07) is 4.13. The van der Waals surface area contributed by atoms with Gasteiger partial charge in [-0.1, -0.05) is 15.9 Å². The van der Waals surface area contributed by atoms with Crippen LogP contribution in [0.5, 0.6) is 0 Å². The van der Waals surface area contributed by atoms with Gasteiger partial charge in [-0.2, -0.15) is 0 Å². The van der Waals surface area contributed by atoms with Crippen molar-refractivity contribution >= 4 is 27.8 Å². The van der Waals surface area contributed by atoms with Crippen LogP contribution in [0, 0.1) is 11.7 Å². The second-order valence-electron chi connectivity index (χ2n) is 4.20. The molecule has 0 saturated carbocycles. The van der Waals surface area contributed by atoms with E-state index in [9.17, 15) is 14.0 Å². The number of likely N-dealkylation sites (tertiary alicyclic amines) is 1. The largest absolute Gasteiger partial charge is 0.481 e. The molecular formula is C12H11BrFNO3. The Bertz CT molecular complexity index is 506. The van der Waals surface area contributed by atoms with E-state index in [0.29, 0.717) is 17.4 Å². The molecule has 1 aromatic rings. The fraction of sp³-hybridized carbons (Fsp3) is 0.333. The molecule has 0 aliphatic carbocycles. The monoisotopic (exact) mass is 315 g/mol. The normalized spacial score (nSPS) is 19.0. The maximum atomic E-state index is 13.5. The van der Waals surface area contributed by atoms with E-state index < -0.39 is 23.6 Å². The highest BCUT2D eigenvalue weighted by molar-refractivity contribution is 9.10. The molecule has 1 atom stereocenters. The number of carboxylic acid groups (broad SMARTS) is 1. The van der Waals surface area contributed by atoms with Crippen LogP contribution in [0.4, 0.5) is 4.39 Å². The Balaban J connectivity index is 2.17. The van der Waals surface area contributed by atoms with E-state index in [2.05, 4.69) is 15.9 Å². The molecule has 0 bridgehead atoms. The predicted molar refractivity (Wildman–Crippen MR) is 65.7 cm³/mol. The molecule has 6 heteroatoms. The molecule has 1 aliphatic rings. The fourth-order valence-corrected chi connectivity index (χ4v) is 2.34. The zero-order valence-electron chi connectivity index (χ0n) is 9.40. The first-order valence-electron chi connectivity index (χ1n) is 5.46. The maximum absolute atomic E-state index is 13.5. The topological polar surface area (TPSA) is 57.6 Å². The number of halogens is 2. The SMILES string of the molecule is O=C(O)[C@@H]1CCN(C(=O)c2cc(Br)ccc2F)C1. The van der Waals surface area contributed by atoms with Gasteiger partial charge in [0.15, 0.2) is 0 Å². The van der Waals surface area contributed by atoms with Crippen LogP contribution in [-0.2, 0) is 4.79 Å². The lowest BCUT2D eigenvalue weighted by Gasteiger charge is -2.16. The molecule has 0 radical (unpaired) electrons. The molecule has 4 nitrogen and oxygen atoms in total. The minimum Gasteiger partial charge on any atom is -0.481 e. The van der Waals surface area contributed by atoms with E-state index in [4.69, 9.17) is 5.11 Å². The molecule has 1 aromatic carbocycles. The molecular weight excluding hydrogens is 305 g/mol. The Morgan fingerprint density at radius 3 is 2.78 bits per heavy atom. The minimum absolute atomic E-state index is 0.0320. The molecule has 1 fully saturated rings. The van der Waals surface area contributed by atoms with Gasteiger partial charge in [-0.15, -0.1) is 0 Å². The first-order chi connectivity index (χ1) is 8.49. The summed E-state index contributed by atoms with van der Waals surface area (Å²) in [6.45, 7) is 0.488. The Morgan fingerprint density at radius 2 is 2.17 bits per heavy atom. The van der Waals surface area contributed by atoms with Crippen LogP contribution in [0.1, 0.15) is 16.8 Å². The number of hydrogen-bond donors (Lipinski definition) is 1. The van der Waals surface area contributed by atoms with Crippen molar-refractivity contribution in [1.82, 2.24) is 4.90 Å². The van der Waals surface area contributed by atoms with Crippen molar-refractivity contribution in [1.29, 1.82) is 0 Å². The summed E-state index contributed by atoms with van der Waals surface area (Å²) in [5.41, 5.74) is -0.0320. The number of aliphatic carboxylic acids is 1. The molecule has 1 saturated heterocycles.